The van der Waals surface area contributed by atoms with Crippen molar-refractivity contribution in [2.24, 2.45) is 0 Å². The number of carbonyl (C=O) groups is 2. The van der Waals surface area contributed by atoms with Crippen molar-refractivity contribution in [1.29, 1.82) is 0 Å². The van der Waals surface area contributed by atoms with Gasteiger partial charge in [-0.15, -0.1) is 11.8 Å². The minimum absolute atomic E-state index is 0.0619. The molecule has 1 spiro atoms. The highest BCUT2D eigenvalue weighted by Gasteiger charge is 2.46. The van der Waals surface area contributed by atoms with E-state index in [1.165, 1.54) is 0 Å². The molecular weight excluding hydrogens is 408 g/mol. The van der Waals surface area contributed by atoms with Gasteiger partial charge in [0.05, 0.1) is 18.4 Å². The number of amides is 2. The van der Waals surface area contributed by atoms with Gasteiger partial charge in [-0.3, -0.25) is 9.59 Å². The van der Waals surface area contributed by atoms with E-state index in [4.69, 9.17) is 4.74 Å². The number of hydrogen-bond acceptors (Lipinski definition) is 4. The summed E-state index contributed by atoms with van der Waals surface area (Å²) in [4.78, 5) is 29.5. The summed E-state index contributed by atoms with van der Waals surface area (Å²) in [6.07, 6.45) is 5.59. The molecule has 5 nitrogen and oxygen atoms in total. The Balaban J connectivity index is 1.35. The highest BCUT2D eigenvalue weighted by Crippen LogP contribution is 2.44. The largest absolute Gasteiger partial charge is 0.497 e. The van der Waals surface area contributed by atoms with Gasteiger partial charge in [0.2, 0.25) is 11.8 Å². The fraction of sp³-hybridized carbons (Fsp3) is 0.360. The second-order valence-electron chi connectivity index (χ2n) is 7.93. The maximum absolute atomic E-state index is 12.9. The lowest BCUT2D eigenvalue weighted by Crippen LogP contribution is -2.53. The third kappa shape index (κ3) is 4.96. The highest BCUT2D eigenvalue weighted by molar-refractivity contribution is 8.00. The van der Waals surface area contributed by atoms with Crippen molar-refractivity contribution in [3.8, 4) is 5.75 Å². The summed E-state index contributed by atoms with van der Waals surface area (Å²) in [6.45, 7) is 2.14. The molecule has 2 fully saturated rings. The van der Waals surface area contributed by atoms with E-state index in [0.29, 0.717) is 19.5 Å². The van der Waals surface area contributed by atoms with Gasteiger partial charge in [0, 0.05) is 31.5 Å². The summed E-state index contributed by atoms with van der Waals surface area (Å²) in [5.41, 5.74) is 2.01. The molecule has 6 heteroatoms. The van der Waals surface area contributed by atoms with Crippen LogP contribution >= 0.6 is 11.8 Å². The van der Waals surface area contributed by atoms with Crippen LogP contribution in [0.15, 0.2) is 60.7 Å². The summed E-state index contributed by atoms with van der Waals surface area (Å²) in [5, 5.41) is 0. The highest BCUT2D eigenvalue weighted by atomic mass is 32.2. The lowest BCUT2D eigenvalue weighted by Gasteiger charge is -2.43. The van der Waals surface area contributed by atoms with Crippen LogP contribution in [0.3, 0.4) is 0 Å². The van der Waals surface area contributed by atoms with E-state index in [0.717, 1.165) is 42.0 Å². The number of methoxy groups -OCH3 is 1. The summed E-state index contributed by atoms with van der Waals surface area (Å²) in [6, 6.07) is 17.5. The third-order valence-corrected chi connectivity index (χ3v) is 7.63. The Hall–Kier alpha value is -2.73. The number of likely N-dealkylation sites (tertiary alicyclic amines) is 1. The van der Waals surface area contributed by atoms with Crippen molar-refractivity contribution in [3.05, 3.63) is 71.8 Å². The number of rotatable bonds is 5. The first-order valence-electron chi connectivity index (χ1n) is 10.7. The van der Waals surface area contributed by atoms with Gasteiger partial charge in [0.1, 0.15) is 5.75 Å². The van der Waals surface area contributed by atoms with E-state index >= 15 is 0 Å². The molecule has 4 rings (SSSR count). The summed E-state index contributed by atoms with van der Waals surface area (Å²) in [7, 11) is 1.64. The van der Waals surface area contributed by atoms with Crippen molar-refractivity contribution in [2.45, 2.75) is 24.1 Å². The zero-order valence-electron chi connectivity index (χ0n) is 17.8. The summed E-state index contributed by atoms with van der Waals surface area (Å²) < 4.78 is 5.18. The maximum Gasteiger partial charge on any atom is 0.247 e. The van der Waals surface area contributed by atoms with Crippen molar-refractivity contribution >= 4 is 29.7 Å². The van der Waals surface area contributed by atoms with Gasteiger partial charge >= 0.3 is 0 Å². The molecule has 2 aromatic carbocycles. The number of thioether (sulfide) groups is 1. The minimum Gasteiger partial charge on any atom is -0.497 e. The number of piperidine rings is 1. The molecule has 0 unspecified atom stereocenters. The standard InChI is InChI=1S/C25H28N2O3S/c1-30-22-10-7-21(8-11-22)19-24(29)26-15-13-25(14-16-26)27(17-18-31-25)23(28)12-9-20-5-3-2-4-6-20/h2-12H,13-19H2,1H3. The SMILES string of the molecule is COc1ccc(CC(=O)N2CCC3(CC2)SCCN3C(=O)C=Cc2ccccc2)cc1. The molecule has 2 aliphatic heterocycles. The first-order valence-corrected chi connectivity index (χ1v) is 11.7. The molecule has 2 aliphatic rings. The number of benzene rings is 2. The molecule has 31 heavy (non-hydrogen) atoms. The van der Waals surface area contributed by atoms with Crippen molar-refractivity contribution in [1.82, 2.24) is 9.80 Å². The molecular formula is C25H28N2O3S. The van der Waals surface area contributed by atoms with Gasteiger partial charge < -0.3 is 14.5 Å². The van der Waals surface area contributed by atoms with Crippen molar-refractivity contribution in [3.63, 3.8) is 0 Å². The third-order valence-electron chi connectivity index (χ3n) is 6.07. The average Bonchev–Trinajstić information content (AvgIpc) is 3.22. The number of carbonyl (C=O) groups excluding carboxylic acids is 2. The lowest BCUT2D eigenvalue weighted by molar-refractivity contribution is -0.134. The molecule has 0 aliphatic carbocycles. The second-order valence-corrected chi connectivity index (χ2v) is 9.39. The van der Waals surface area contributed by atoms with E-state index in [2.05, 4.69) is 0 Å². The van der Waals surface area contributed by atoms with E-state index in [1.807, 2.05) is 82.2 Å². The molecule has 0 atom stereocenters. The van der Waals surface area contributed by atoms with Crippen LogP contribution in [-0.2, 0) is 16.0 Å². The Morgan fingerprint density at radius 2 is 1.74 bits per heavy atom. The number of nitrogens with zero attached hydrogens (tertiary/aromatic N) is 2. The van der Waals surface area contributed by atoms with Gasteiger partial charge in [-0.1, -0.05) is 42.5 Å². The molecule has 2 heterocycles. The first kappa shape index (κ1) is 21.5. The van der Waals surface area contributed by atoms with Gasteiger partial charge in [-0.2, -0.15) is 0 Å². The molecule has 0 aromatic heterocycles. The molecule has 0 bridgehead atoms. The lowest BCUT2D eigenvalue weighted by atomic mass is 10.0. The second kappa shape index (κ2) is 9.60. The molecule has 0 saturated carbocycles. The number of hydrogen-bond donors (Lipinski definition) is 0. The minimum atomic E-state index is -0.186. The molecule has 2 amide bonds. The predicted octanol–water partition coefficient (Wildman–Crippen LogP) is 3.85. The first-order chi connectivity index (χ1) is 15.1. The van der Waals surface area contributed by atoms with Crippen LogP contribution in [0.5, 0.6) is 5.75 Å². The smallest absolute Gasteiger partial charge is 0.247 e. The predicted molar refractivity (Wildman–Crippen MR) is 125 cm³/mol. The van der Waals surface area contributed by atoms with Crippen LogP contribution in [0.4, 0.5) is 0 Å². The molecule has 0 radical (unpaired) electrons. The van der Waals surface area contributed by atoms with Crippen LogP contribution in [0.25, 0.3) is 6.08 Å². The normalized spacial score (nSPS) is 18.0. The Morgan fingerprint density at radius 3 is 2.42 bits per heavy atom. The van der Waals surface area contributed by atoms with Gasteiger partial charge in [-0.25, -0.2) is 0 Å². The number of ether oxygens (including phenoxy) is 1. The van der Waals surface area contributed by atoms with Crippen molar-refractivity contribution < 1.29 is 14.3 Å². The molecule has 162 valence electrons. The van der Waals surface area contributed by atoms with Gasteiger partial charge in [-0.05, 0) is 42.2 Å². The van der Waals surface area contributed by atoms with E-state index in [-0.39, 0.29) is 16.7 Å². The van der Waals surface area contributed by atoms with Crippen LogP contribution in [0.2, 0.25) is 0 Å². The van der Waals surface area contributed by atoms with E-state index in [9.17, 15) is 9.59 Å². The van der Waals surface area contributed by atoms with Crippen molar-refractivity contribution in [2.75, 3.05) is 32.5 Å². The Labute approximate surface area is 188 Å². The monoisotopic (exact) mass is 436 g/mol. The zero-order chi connectivity index (χ0) is 21.7. The summed E-state index contributed by atoms with van der Waals surface area (Å²) >= 11 is 1.86. The van der Waals surface area contributed by atoms with Crippen LogP contribution in [-0.4, -0.2) is 59.0 Å². The Morgan fingerprint density at radius 1 is 1.03 bits per heavy atom. The maximum atomic E-state index is 12.9. The molecule has 0 N–H and O–H groups in total. The quantitative estimate of drug-likeness (QED) is 0.668. The summed E-state index contributed by atoms with van der Waals surface area (Å²) in [5.74, 6) is 1.95. The molecule has 2 saturated heterocycles. The van der Waals surface area contributed by atoms with Gasteiger partial charge in [0.25, 0.3) is 0 Å². The topological polar surface area (TPSA) is 49.9 Å². The van der Waals surface area contributed by atoms with Gasteiger partial charge in [0.15, 0.2) is 0 Å². The van der Waals surface area contributed by atoms with E-state index in [1.54, 1.807) is 13.2 Å². The van der Waals surface area contributed by atoms with Crippen LogP contribution < -0.4 is 4.74 Å². The Bertz CT molecular complexity index is 935. The fourth-order valence-corrected chi connectivity index (χ4v) is 5.75. The van der Waals surface area contributed by atoms with Crippen LogP contribution in [0, 0.1) is 0 Å². The van der Waals surface area contributed by atoms with E-state index < -0.39 is 0 Å². The molecule has 2 aromatic rings. The van der Waals surface area contributed by atoms with Crippen LogP contribution in [0.1, 0.15) is 24.0 Å². The Kier molecular flexibility index (Phi) is 6.66. The zero-order valence-corrected chi connectivity index (χ0v) is 18.6. The fourth-order valence-electron chi connectivity index (χ4n) is 4.29. The average molecular weight is 437 g/mol.